The highest BCUT2D eigenvalue weighted by atomic mass is 15.2. The molecule has 86 valence electrons. The summed E-state index contributed by atoms with van der Waals surface area (Å²) in [5, 5.41) is 4.05. The average Bonchev–Trinajstić information content (AvgIpc) is 2.73. The van der Waals surface area contributed by atoms with Gasteiger partial charge in [0.25, 0.3) is 0 Å². The molecule has 0 aliphatic carbocycles. The molecule has 0 N–H and O–H groups in total. The normalized spacial score (nSPS) is 10.1. The zero-order valence-electron chi connectivity index (χ0n) is 10.2. The van der Waals surface area contributed by atoms with Crippen LogP contribution in [-0.4, -0.2) is 19.7 Å². The second kappa shape index (κ2) is 4.79. The molecular formula is C13H14N4. The summed E-state index contributed by atoms with van der Waals surface area (Å²) < 4.78 is 1.72. The monoisotopic (exact) mass is 226 g/mol. The summed E-state index contributed by atoms with van der Waals surface area (Å²) in [4.78, 5) is 8.52. The molecule has 4 nitrogen and oxygen atoms in total. The van der Waals surface area contributed by atoms with E-state index in [0.717, 1.165) is 17.0 Å². The second-order valence-corrected chi connectivity index (χ2v) is 4.14. The summed E-state index contributed by atoms with van der Waals surface area (Å²) in [5.41, 5.74) is 1.71. The SMILES string of the molecule is CC(C)c1ncc(C#Cc2cnn(C)c2)cn1. The second-order valence-electron chi connectivity index (χ2n) is 4.14. The van der Waals surface area contributed by atoms with E-state index in [1.165, 1.54) is 0 Å². The Morgan fingerprint density at radius 3 is 2.24 bits per heavy atom. The molecule has 0 spiro atoms. The predicted molar refractivity (Wildman–Crippen MR) is 65.3 cm³/mol. The van der Waals surface area contributed by atoms with Crippen molar-refractivity contribution in [1.82, 2.24) is 19.7 Å². The minimum absolute atomic E-state index is 0.343. The van der Waals surface area contributed by atoms with Gasteiger partial charge in [0.05, 0.1) is 17.3 Å². The van der Waals surface area contributed by atoms with Gasteiger partial charge in [0.2, 0.25) is 0 Å². The van der Waals surface area contributed by atoms with Gasteiger partial charge in [0.1, 0.15) is 5.82 Å². The van der Waals surface area contributed by atoms with Crippen LogP contribution in [0.4, 0.5) is 0 Å². The number of nitrogens with zero attached hydrogens (tertiary/aromatic N) is 4. The quantitative estimate of drug-likeness (QED) is 0.695. The predicted octanol–water partition coefficient (Wildman–Crippen LogP) is 1.73. The maximum Gasteiger partial charge on any atom is 0.130 e. The average molecular weight is 226 g/mol. The zero-order valence-corrected chi connectivity index (χ0v) is 10.2. The summed E-state index contributed by atoms with van der Waals surface area (Å²) >= 11 is 0. The third kappa shape index (κ3) is 2.91. The van der Waals surface area contributed by atoms with E-state index in [0.29, 0.717) is 5.92 Å². The summed E-state index contributed by atoms with van der Waals surface area (Å²) in [5.74, 6) is 7.22. The van der Waals surface area contributed by atoms with Gasteiger partial charge in [0, 0.05) is 31.6 Å². The van der Waals surface area contributed by atoms with Gasteiger partial charge in [-0.3, -0.25) is 4.68 Å². The van der Waals surface area contributed by atoms with Crippen molar-refractivity contribution < 1.29 is 0 Å². The Hall–Kier alpha value is -2.15. The first-order valence-electron chi connectivity index (χ1n) is 5.48. The molecule has 0 unspecified atom stereocenters. The molecule has 0 fully saturated rings. The minimum atomic E-state index is 0.343. The number of aromatic nitrogens is 4. The van der Waals surface area contributed by atoms with Crippen LogP contribution < -0.4 is 0 Å². The lowest BCUT2D eigenvalue weighted by Gasteiger charge is -2.00. The Morgan fingerprint density at radius 1 is 1.06 bits per heavy atom. The van der Waals surface area contributed by atoms with E-state index in [1.54, 1.807) is 23.3 Å². The molecule has 0 bridgehead atoms. The van der Waals surface area contributed by atoms with Crippen LogP contribution in [0.25, 0.3) is 0 Å². The first-order chi connectivity index (χ1) is 8.15. The van der Waals surface area contributed by atoms with Gasteiger partial charge in [-0.15, -0.1) is 0 Å². The van der Waals surface area contributed by atoms with Crippen molar-refractivity contribution in [3.8, 4) is 11.8 Å². The van der Waals surface area contributed by atoms with E-state index in [4.69, 9.17) is 0 Å². The smallest absolute Gasteiger partial charge is 0.130 e. The molecule has 0 amide bonds. The molecule has 2 aromatic rings. The van der Waals surface area contributed by atoms with E-state index in [9.17, 15) is 0 Å². The third-order valence-electron chi connectivity index (χ3n) is 2.24. The van der Waals surface area contributed by atoms with Gasteiger partial charge in [-0.25, -0.2) is 9.97 Å². The Kier molecular flexibility index (Phi) is 3.20. The van der Waals surface area contributed by atoms with Crippen LogP contribution in [0.5, 0.6) is 0 Å². The Balaban J connectivity index is 2.17. The largest absolute Gasteiger partial charge is 0.275 e. The number of hydrogen-bond acceptors (Lipinski definition) is 3. The lowest BCUT2D eigenvalue weighted by molar-refractivity contribution is 0.767. The summed E-state index contributed by atoms with van der Waals surface area (Å²) in [7, 11) is 1.87. The van der Waals surface area contributed by atoms with Gasteiger partial charge in [-0.2, -0.15) is 5.10 Å². The highest BCUT2D eigenvalue weighted by molar-refractivity contribution is 5.38. The topological polar surface area (TPSA) is 43.6 Å². The molecule has 2 heterocycles. The fourth-order valence-electron chi connectivity index (χ4n) is 1.33. The first kappa shape index (κ1) is 11.3. The van der Waals surface area contributed by atoms with E-state index in [1.807, 2.05) is 13.2 Å². The van der Waals surface area contributed by atoms with E-state index >= 15 is 0 Å². The van der Waals surface area contributed by atoms with Gasteiger partial charge in [-0.1, -0.05) is 25.7 Å². The van der Waals surface area contributed by atoms with Crippen molar-refractivity contribution in [2.24, 2.45) is 7.05 Å². The Morgan fingerprint density at radius 2 is 1.71 bits per heavy atom. The molecule has 2 aromatic heterocycles. The van der Waals surface area contributed by atoms with Gasteiger partial charge in [0.15, 0.2) is 0 Å². The summed E-state index contributed by atoms with van der Waals surface area (Å²) in [6, 6.07) is 0. The molecule has 0 aliphatic rings. The van der Waals surface area contributed by atoms with Crippen LogP contribution in [0.2, 0.25) is 0 Å². The van der Waals surface area contributed by atoms with Gasteiger partial charge in [-0.05, 0) is 0 Å². The summed E-state index contributed by atoms with van der Waals surface area (Å²) in [6.45, 7) is 4.13. The first-order valence-corrected chi connectivity index (χ1v) is 5.48. The lowest BCUT2D eigenvalue weighted by atomic mass is 10.2. The highest BCUT2D eigenvalue weighted by Crippen LogP contribution is 2.07. The van der Waals surface area contributed by atoms with Crippen molar-refractivity contribution in [2.45, 2.75) is 19.8 Å². The standard InChI is InChI=1S/C13H14N4/c1-10(2)13-14-6-11(7-15-13)4-5-12-8-16-17(3)9-12/h6-10H,1-3H3. The lowest BCUT2D eigenvalue weighted by Crippen LogP contribution is -1.96. The van der Waals surface area contributed by atoms with Gasteiger partial charge < -0.3 is 0 Å². The van der Waals surface area contributed by atoms with Crippen molar-refractivity contribution in [1.29, 1.82) is 0 Å². The number of rotatable bonds is 1. The van der Waals surface area contributed by atoms with Crippen molar-refractivity contribution in [3.05, 3.63) is 41.7 Å². The zero-order chi connectivity index (χ0) is 12.3. The molecule has 2 rings (SSSR count). The van der Waals surface area contributed by atoms with Crippen molar-refractivity contribution in [2.75, 3.05) is 0 Å². The molecule has 0 radical (unpaired) electrons. The van der Waals surface area contributed by atoms with Crippen molar-refractivity contribution in [3.63, 3.8) is 0 Å². The Bertz CT molecular complexity index is 555. The molecule has 4 heteroatoms. The van der Waals surface area contributed by atoms with Gasteiger partial charge >= 0.3 is 0 Å². The van der Waals surface area contributed by atoms with E-state index in [-0.39, 0.29) is 0 Å². The molecule has 17 heavy (non-hydrogen) atoms. The maximum absolute atomic E-state index is 4.26. The fraction of sp³-hybridized carbons (Fsp3) is 0.308. The minimum Gasteiger partial charge on any atom is -0.275 e. The van der Waals surface area contributed by atoms with Crippen LogP contribution in [0.3, 0.4) is 0 Å². The maximum atomic E-state index is 4.26. The number of hydrogen-bond donors (Lipinski definition) is 0. The third-order valence-corrected chi connectivity index (χ3v) is 2.24. The molecule has 0 aliphatic heterocycles. The van der Waals surface area contributed by atoms with Crippen molar-refractivity contribution >= 4 is 0 Å². The molecular weight excluding hydrogens is 212 g/mol. The molecule has 0 saturated carbocycles. The highest BCUT2D eigenvalue weighted by Gasteiger charge is 2.00. The van der Waals surface area contributed by atoms with E-state index in [2.05, 4.69) is 40.8 Å². The van der Waals surface area contributed by atoms with Crippen LogP contribution in [0.15, 0.2) is 24.8 Å². The van der Waals surface area contributed by atoms with Crippen LogP contribution in [0, 0.1) is 11.8 Å². The van der Waals surface area contributed by atoms with Crippen LogP contribution in [0.1, 0.15) is 36.7 Å². The Labute approximate surface area is 101 Å². The number of aryl methyl sites for hydroxylation is 1. The molecule has 0 saturated heterocycles. The van der Waals surface area contributed by atoms with Crippen LogP contribution >= 0.6 is 0 Å². The molecule has 0 atom stereocenters. The summed E-state index contributed by atoms with van der Waals surface area (Å²) in [6.07, 6.45) is 7.12. The molecule has 0 aromatic carbocycles. The van der Waals surface area contributed by atoms with E-state index < -0.39 is 0 Å². The van der Waals surface area contributed by atoms with Crippen LogP contribution in [-0.2, 0) is 7.05 Å². The fourth-order valence-corrected chi connectivity index (χ4v) is 1.33.